The van der Waals surface area contributed by atoms with Gasteiger partial charge in [-0.1, -0.05) is 23.2 Å². The summed E-state index contributed by atoms with van der Waals surface area (Å²) in [5.41, 5.74) is 0.833. The highest BCUT2D eigenvalue weighted by molar-refractivity contribution is 6.36. The summed E-state index contributed by atoms with van der Waals surface area (Å²) >= 11 is 12.4. The van der Waals surface area contributed by atoms with Crippen molar-refractivity contribution in [3.05, 3.63) is 45.7 Å². The lowest BCUT2D eigenvalue weighted by atomic mass is 10.0. The fourth-order valence-electron chi connectivity index (χ4n) is 3.74. The molecule has 8 nitrogen and oxygen atoms in total. The summed E-state index contributed by atoms with van der Waals surface area (Å²) in [6.45, 7) is 0.795. The molecule has 3 heterocycles. The highest BCUT2D eigenvalue weighted by atomic mass is 35.5. The van der Waals surface area contributed by atoms with E-state index in [1.165, 1.54) is 26.6 Å². The molecule has 1 spiro atoms. The summed E-state index contributed by atoms with van der Waals surface area (Å²) in [5, 5.41) is 0.629. The van der Waals surface area contributed by atoms with Gasteiger partial charge in [-0.05, 0) is 12.1 Å². The number of halogens is 2. The van der Waals surface area contributed by atoms with Crippen molar-refractivity contribution in [2.45, 2.75) is 25.0 Å². The van der Waals surface area contributed by atoms with E-state index in [1.807, 2.05) is 0 Å². The van der Waals surface area contributed by atoms with Crippen molar-refractivity contribution in [1.29, 1.82) is 0 Å². The highest BCUT2D eigenvalue weighted by Crippen LogP contribution is 2.51. The van der Waals surface area contributed by atoms with Gasteiger partial charge in [-0.25, -0.2) is 4.79 Å². The van der Waals surface area contributed by atoms with Gasteiger partial charge in [0.1, 0.15) is 0 Å². The Morgan fingerprint density at radius 2 is 1.74 bits per heavy atom. The molecule has 1 saturated heterocycles. The van der Waals surface area contributed by atoms with Crippen molar-refractivity contribution in [2.75, 3.05) is 27.3 Å². The van der Waals surface area contributed by atoms with Gasteiger partial charge >= 0.3 is 6.09 Å². The lowest BCUT2D eigenvalue weighted by Gasteiger charge is -2.36. The minimum atomic E-state index is -0.984. The first-order valence-electron chi connectivity index (χ1n) is 9.60. The number of piperidine rings is 1. The van der Waals surface area contributed by atoms with E-state index in [0.29, 0.717) is 64.4 Å². The number of hydrogen-bond acceptors (Lipinski definition) is 7. The smallest absolute Gasteiger partial charge is 0.409 e. The average molecular weight is 467 g/mol. The van der Waals surface area contributed by atoms with E-state index in [2.05, 4.69) is 4.98 Å². The van der Waals surface area contributed by atoms with Crippen LogP contribution in [0.25, 0.3) is 0 Å². The number of carbonyl (C=O) groups is 2. The number of hydrogen-bond donors (Lipinski definition) is 0. The van der Waals surface area contributed by atoms with Gasteiger partial charge in [0.15, 0.2) is 17.3 Å². The van der Waals surface area contributed by atoms with Crippen LogP contribution in [0.1, 0.15) is 28.8 Å². The molecule has 0 radical (unpaired) electrons. The van der Waals surface area contributed by atoms with E-state index < -0.39 is 11.9 Å². The van der Waals surface area contributed by atoms with Crippen LogP contribution < -0.4 is 14.2 Å². The van der Waals surface area contributed by atoms with E-state index in [4.69, 9.17) is 42.1 Å². The second-order valence-electron chi connectivity index (χ2n) is 7.23. The van der Waals surface area contributed by atoms with Crippen LogP contribution in [-0.4, -0.2) is 54.9 Å². The van der Waals surface area contributed by atoms with E-state index in [9.17, 15) is 9.59 Å². The van der Waals surface area contributed by atoms with Crippen LogP contribution in [0.5, 0.6) is 17.2 Å². The average Bonchev–Trinajstić information content (AvgIpc) is 3.14. The molecule has 4 rings (SSSR count). The predicted molar refractivity (Wildman–Crippen MR) is 112 cm³/mol. The first-order valence-corrected chi connectivity index (χ1v) is 10.4. The van der Waals surface area contributed by atoms with Gasteiger partial charge in [0.05, 0.1) is 29.8 Å². The number of ether oxygens (including phenoxy) is 4. The molecule has 1 amide bonds. The first-order chi connectivity index (χ1) is 14.9. The van der Waals surface area contributed by atoms with Crippen molar-refractivity contribution < 1.29 is 28.5 Å². The van der Waals surface area contributed by atoms with Gasteiger partial charge in [-0.15, -0.1) is 0 Å². The number of ketones is 1. The maximum absolute atomic E-state index is 13.1. The van der Waals surface area contributed by atoms with Gasteiger partial charge in [0.2, 0.25) is 5.75 Å². The minimum Gasteiger partial charge on any atom is -0.493 e. The van der Waals surface area contributed by atoms with Crippen LogP contribution in [0, 0.1) is 0 Å². The molecule has 1 aromatic carbocycles. The standard InChI is InChI=1S/C21H20Cl2N2O6/c1-28-17-4-3-12(16(26)9-13-14(22)10-24-11-15(13)23)18-19(17)31-21(30-18)5-7-25(8-6-21)20(27)29-2/h3-4,10-11H,5-9H2,1-2H3. The van der Waals surface area contributed by atoms with Gasteiger partial charge < -0.3 is 23.8 Å². The number of fused-ring (bicyclic) bond motifs is 1. The molecule has 0 N–H and O–H groups in total. The molecule has 2 aromatic rings. The third-order valence-corrected chi connectivity index (χ3v) is 6.07. The molecule has 164 valence electrons. The number of aromatic nitrogens is 1. The molecule has 31 heavy (non-hydrogen) atoms. The molecule has 0 saturated carbocycles. The number of nitrogens with zero attached hydrogens (tertiary/aromatic N) is 2. The Balaban J connectivity index is 1.61. The van der Waals surface area contributed by atoms with Crippen LogP contribution in [-0.2, 0) is 11.2 Å². The molecular weight excluding hydrogens is 447 g/mol. The van der Waals surface area contributed by atoms with Crippen LogP contribution >= 0.6 is 23.2 Å². The molecule has 2 aliphatic heterocycles. The number of amides is 1. The fourth-order valence-corrected chi connectivity index (χ4v) is 4.24. The predicted octanol–water partition coefficient (Wildman–Crippen LogP) is 4.15. The van der Waals surface area contributed by atoms with Gasteiger partial charge in [0, 0.05) is 50.3 Å². The van der Waals surface area contributed by atoms with E-state index in [-0.39, 0.29) is 12.2 Å². The second-order valence-corrected chi connectivity index (χ2v) is 8.04. The fraction of sp³-hybridized carbons (Fsp3) is 0.381. The molecular formula is C21H20Cl2N2O6. The topological polar surface area (TPSA) is 87.2 Å². The minimum absolute atomic E-state index is 0.0224. The van der Waals surface area contributed by atoms with Crippen molar-refractivity contribution in [2.24, 2.45) is 0 Å². The summed E-state index contributed by atoms with van der Waals surface area (Å²) in [7, 11) is 2.86. The van der Waals surface area contributed by atoms with Crippen molar-refractivity contribution in [1.82, 2.24) is 9.88 Å². The van der Waals surface area contributed by atoms with E-state index in [0.717, 1.165) is 0 Å². The van der Waals surface area contributed by atoms with Gasteiger partial charge in [-0.2, -0.15) is 0 Å². The largest absolute Gasteiger partial charge is 0.493 e. The summed E-state index contributed by atoms with van der Waals surface area (Å²) in [5.74, 6) is -0.0769. The Labute approximate surface area is 188 Å². The van der Waals surface area contributed by atoms with Gasteiger partial charge in [-0.3, -0.25) is 9.78 Å². The Morgan fingerprint density at radius 3 is 2.35 bits per heavy atom. The lowest BCUT2D eigenvalue weighted by Crippen LogP contribution is -2.51. The summed E-state index contributed by atoms with van der Waals surface area (Å²) in [6.07, 6.45) is 3.29. The zero-order chi connectivity index (χ0) is 22.2. The number of Topliss-reactive ketones (excluding diaryl/α,β-unsaturated/α-hetero) is 1. The van der Waals surface area contributed by atoms with Gasteiger partial charge in [0.25, 0.3) is 5.79 Å². The molecule has 0 bridgehead atoms. The van der Waals surface area contributed by atoms with Crippen molar-refractivity contribution in [3.8, 4) is 17.2 Å². The normalized spacial score (nSPS) is 16.3. The van der Waals surface area contributed by atoms with Crippen LogP contribution in [0.2, 0.25) is 10.0 Å². The molecule has 0 aliphatic carbocycles. The molecule has 1 aromatic heterocycles. The Bertz CT molecular complexity index is 1020. The van der Waals surface area contributed by atoms with Crippen LogP contribution in [0.3, 0.4) is 0 Å². The zero-order valence-corrected chi connectivity index (χ0v) is 18.5. The summed E-state index contributed by atoms with van der Waals surface area (Å²) in [4.78, 5) is 30.4. The molecule has 0 unspecified atom stereocenters. The quantitative estimate of drug-likeness (QED) is 0.625. The van der Waals surface area contributed by atoms with Crippen molar-refractivity contribution >= 4 is 35.1 Å². The molecule has 10 heteroatoms. The number of methoxy groups -OCH3 is 2. The second kappa shape index (κ2) is 8.43. The number of benzene rings is 1. The third kappa shape index (κ3) is 3.97. The maximum Gasteiger partial charge on any atom is 0.409 e. The number of rotatable bonds is 4. The molecule has 0 atom stereocenters. The summed E-state index contributed by atoms with van der Waals surface area (Å²) < 4.78 is 22.6. The molecule has 1 fully saturated rings. The lowest BCUT2D eigenvalue weighted by molar-refractivity contribution is -0.115. The van der Waals surface area contributed by atoms with E-state index in [1.54, 1.807) is 17.0 Å². The SMILES string of the molecule is COC(=O)N1CCC2(CC1)Oc1c(OC)ccc(C(=O)Cc3c(Cl)cncc3Cl)c1O2. The zero-order valence-electron chi connectivity index (χ0n) is 16.9. The van der Waals surface area contributed by atoms with Crippen molar-refractivity contribution in [3.63, 3.8) is 0 Å². The first kappa shape index (κ1) is 21.5. The van der Waals surface area contributed by atoms with Crippen LogP contribution in [0.4, 0.5) is 4.79 Å². The third-order valence-electron chi connectivity index (χ3n) is 5.42. The van der Waals surface area contributed by atoms with Crippen LogP contribution in [0.15, 0.2) is 24.5 Å². The Hall–Kier alpha value is -2.71. The van der Waals surface area contributed by atoms with E-state index >= 15 is 0 Å². The summed E-state index contributed by atoms with van der Waals surface area (Å²) in [6, 6.07) is 3.29. The maximum atomic E-state index is 13.1. The monoisotopic (exact) mass is 466 g/mol. The Morgan fingerprint density at radius 1 is 1.10 bits per heavy atom. The number of carbonyl (C=O) groups excluding carboxylic acids is 2. The Kier molecular flexibility index (Phi) is 5.85. The molecule has 2 aliphatic rings. The highest BCUT2D eigenvalue weighted by Gasteiger charge is 2.47. The number of likely N-dealkylation sites (tertiary alicyclic amines) is 1. The number of pyridine rings is 1.